The van der Waals surface area contributed by atoms with E-state index in [-0.39, 0.29) is 36.0 Å². The molecule has 43 heavy (non-hydrogen) atoms. The number of nitrogens with one attached hydrogen (secondary N) is 1. The van der Waals surface area contributed by atoms with Crippen molar-refractivity contribution in [3.05, 3.63) is 35.8 Å². The van der Waals surface area contributed by atoms with Crippen LogP contribution in [0, 0.1) is 11.8 Å². The number of piperidine rings is 2. The Morgan fingerprint density at radius 1 is 1.14 bits per heavy atom. The van der Waals surface area contributed by atoms with Crippen molar-refractivity contribution in [1.29, 1.82) is 0 Å². The molecule has 3 aliphatic rings. The molecule has 234 valence electrons. The average molecular weight is 595 g/mol. The maximum atomic E-state index is 14.0. The summed E-state index contributed by atoms with van der Waals surface area (Å²) in [6.45, 7) is 8.08. The van der Waals surface area contributed by atoms with Crippen LogP contribution in [0.25, 0.3) is 0 Å². The second kappa shape index (κ2) is 14.8. The normalized spacial score (nSPS) is 23.4. The Labute approximate surface area is 254 Å². The second-order valence-electron chi connectivity index (χ2n) is 12.2. The number of ether oxygens (including phenoxy) is 1. The van der Waals surface area contributed by atoms with Crippen LogP contribution in [0.4, 0.5) is 0 Å². The molecule has 1 N–H and O–H groups in total. The highest BCUT2D eigenvalue weighted by molar-refractivity contribution is 5.99. The van der Waals surface area contributed by atoms with Crippen LogP contribution in [0.3, 0.4) is 0 Å². The maximum absolute atomic E-state index is 14.0. The largest absolute Gasteiger partial charge is 0.477 e. The number of hydrogen-bond donors (Lipinski definition) is 1. The van der Waals surface area contributed by atoms with Gasteiger partial charge in [0.2, 0.25) is 17.7 Å². The topological polar surface area (TPSA) is 126 Å². The third-order valence-corrected chi connectivity index (χ3v) is 9.06. The van der Waals surface area contributed by atoms with E-state index < -0.39 is 11.9 Å². The first kappa shape index (κ1) is 30.9. The summed E-state index contributed by atoms with van der Waals surface area (Å²) in [5, 5.41) is 11.6. The Kier molecular flexibility index (Phi) is 10.6. The molecule has 0 aromatic carbocycles. The van der Waals surface area contributed by atoms with Gasteiger partial charge in [-0.3, -0.25) is 19.1 Å². The van der Waals surface area contributed by atoms with Gasteiger partial charge < -0.3 is 24.8 Å². The van der Waals surface area contributed by atoms with Crippen LogP contribution in [0.1, 0.15) is 67.9 Å². The van der Waals surface area contributed by atoms with Crippen LogP contribution in [0.2, 0.25) is 0 Å². The molecule has 2 aromatic heterocycles. The Bertz CT molecular complexity index is 1250. The zero-order chi connectivity index (χ0) is 30.2. The number of aromatic nitrogens is 4. The van der Waals surface area contributed by atoms with Crippen molar-refractivity contribution < 1.29 is 19.1 Å². The average Bonchev–Trinajstić information content (AvgIpc) is 3.47. The number of hydrogen-bond acceptors (Lipinski definition) is 8. The summed E-state index contributed by atoms with van der Waals surface area (Å²) in [5.41, 5.74) is 0.946. The van der Waals surface area contributed by atoms with Gasteiger partial charge >= 0.3 is 0 Å². The highest BCUT2D eigenvalue weighted by Crippen LogP contribution is 2.31. The minimum absolute atomic E-state index is 0.0929. The molecule has 2 saturated heterocycles. The molecule has 0 aliphatic carbocycles. The first-order chi connectivity index (χ1) is 20.9. The van der Waals surface area contributed by atoms with Crippen LogP contribution in [0.15, 0.2) is 24.5 Å². The van der Waals surface area contributed by atoms with E-state index in [4.69, 9.17) is 4.74 Å². The predicted octanol–water partition coefficient (Wildman–Crippen LogP) is 2.01. The van der Waals surface area contributed by atoms with E-state index in [9.17, 15) is 14.4 Å². The summed E-state index contributed by atoms with van der Waals surface area (Å²) in [4.78, 5) is 50.8. The lowest BCUT2D eigenvalue weighted by Crippen LogP contribution is -2.54. The summed E-state index contributed by atoms with van der Waals surface area (Å²) < 4.78 is 7.85. The third-order valence-electron chi connectivity index (χ3n) is 9.06. The number of pyridine rings is 1. The van der Waals surface area contributed by atoms with E-state index >= 15 is 0 Å². The predicted molar refractivity (Wildman–Crippen MR) is 160 cm³/mol. The van der Waals surface area contributed by atoms with Crippen LogP contribution in [0.5, 0.6) is 5.88 Å². The van der Waals surface area contributed by atoms with Gasteiger partial charge in [0.05, 0.1) is 18.8 Å². The van der Waals surface area contributed by atoms with E-state index in [1.807, 2.05) is 22.8 Å². The molecule has 0 radical (unpaired) electrons. The Hall–Kier alpha value is -3.54. The molecule has 2 fully saturated rings. The van der Waals surface area contributed by atoms with Crippen LogP contribution >= 0.6 is 0 Å². The van der Waals surface area contributed by atoms with Gasteiger partial charge in [-0.25, -0.2) is 4.98 Å². The van der Waals surface area contributed by atoms with Gasteiger partial charge in [-0.2, -0.15) is 0 Å². The fraction of sp³-hybridized carbons (Fsp3) is 0.677. The fourth-order valence-corrected chi connectivity index (χ4v) is 6.54. The highest BCUT2D eigenvalue weighted by atomic mass is 16.5. The van der Waals surface area contributed by atoms with Gasteiger partial charge in [0.25, 0.3) is 5.91 Å². The number of fused-ring (bicyclic) bond motifs is 3. The number of carbonyl (C=O) groups is 3. The molecule has 3 aliphatic heterocycles. The lowest BCUT2D eigenvalue weighted by molar-refractivity contribution is -0.137. The van der Waals surface area contributed by atoms with Crippen molar-refractivity contribution in [2.75, 3.05) is 52.9 Å². The van der Waals surface area contributed by atoms with E-state index in [1.54, 1.807) is 23.2 Å². The smallest absolute Gasteiger partial charge is 0.257 e. The van der Waals surface area contributed by atoms with Crippen LogP contribution in [-0.2, 0) is 22.6 Å². The molecule has 0 saturated carbocycles. The lowest BCUT2D eigenvalue weighted by Gasteiger charge is -2.40. The first-order valence-electron chi connectivity index (χ1n) is 15.9. The highest BCUT2D eigenvalue weighted by Gasteiger charge is 2.37. The molecule has 12 nitrogen and oxygen atoms in total. The van der Waals surface area contributed by atoms with E-state index in [1.165, 1.54) is 19.3 Å². The SMILES string of the molecule is CCCN(C)C(=O)C[C@@H]1CCN2C[C@@H]1CCOc1ncccc1C(=O)N[C@H](Cc1cn(CCN3CCCCC3)nn1)C2=O. The monoisotopic (exact) mass is 594 g/mol. The van der Waals surface area contributed by atoms with Crippen molar-refractivity contribution >= 4 is 17.7 Å². The van der Waals surface area contributed by atoms with Crippen molar-refractivity contribution in [3.63, 3.8) is 0 Å². The molecule has 3 atom stereocenters. The number of amides is 3. The van der Waals surface area contributed by atoms with Crippen LogP contribution < -0.4 is 10.1 Å². The van der Waals surface area contributed by atoms with Crippen molar-refractivity contribution in [2.45, 2.75) is 70.9 Å². The van der Waals surface area contributed by atoms with Crippen molar-refractivity contribution in [2.24, 2.45) is 11.8 Å². The van der Waals surface area contributed by atoms with Crippen molar-refractivity contribution in [3.8, 4) is 5.88 Å². The molecule has 2 aromatic rings. The summed E-state index contributed by atoms with van der Waals surface area (Å²) >= 11 is 0. The molecule has 2 bridgehead atoms. The Morgan fingerprint density at radius 3 is 2.79 bits per heavy atom. The van der Waals surface area contributed by atoms with Gasteiger partial charge in [-0.15, -0.1) is 5.10 Å². The van der Waals surface area contributed by atoms with E-state index in [0.717, 1.165) is 45.6 Å². The number of carbonyl (C=O) groups excluding carboxylic acids is 3. The number of nitrogens with zero attached hydrogens (tertiary/aromatic N) is 7. The zero-order valence-corrected chi connectivity index (χ0v) is 25.6. The minimum atomic E-state index is -0.818. The van der Waals surface area contributed by atoms with Gasteiger partial charge in [0.15, 0.2) is 0 Å². The van der Waals surface area contributed by atoms with Gasteiger partial charge in [-0.05, 0) is 69.2 Å². The Balaban J connectivity index is 1.32. The first-order valence-corrected chi connectivity index (χ1v) is 15.9. The summed E-state index contributed by atoms with van der Waals surface area (Å²) in [6.07, 6.45) is 10.2. The maximum Gasteiger partial charge on any atom is 0.257 e. The number of rotatable bonds is 9. The molecule has 0 spiro atoms. The molecular weight excluding hydrogens is 548 g/mol. The second-order valence-corrected chi connectivity index (χ2v) is 12.2. The Morgan fingerprint density at radius 2 is 1.98 bits per heavy atom. The van der Waals surface area contributed by atoms with Gasteiger partial charge in [0.1, 0.15) is 11.6 Å². The number of likely N-dealkylation sites (tertiary alicyclic amines) is 1. The van der Waals surface area contributed by atoms with Gasteiger partial charge in [-0.1, -0.05) is 18.6 Å². The van der Waals surface area contributed by atoms with E-state index in [2.05, 4.69) is 32.4 Å². The summed E-state index contributed by atoms with van der Waals surface area (Å²) in [7, 11) is 1.86. The summed E-state index contributed by atoms with van der Waals surface area (Å²) in [5.74, 6) is 0.0860. The standard InChI is InChI=1S/C31H46N8O4/c1-3-12-36(2)28(40)19-23-9-15-38-21-24(23)10-18-43-30-26(8-7-11-32-30)29(41)33-27(31(38)42)20-25-22-39(35-34-25)17-16-37-13-5-4-6-14-37/h7-8,11,22-24,27H,3-6,9-10,12-21H2,1-2H3,(H,33,41)/t23-,24-,27+/m0/s1. The molecule has 0 unspecified atom stereocenters. The fourth-order valence-electron chi connectivity index (χ4n) is 6.54. The summed E-state index contributed by atoms with van der Waals surface area (Å²) in [6, 6.07) is 2.53. The van der Waals surface area contributed by atoms with Gasteiger partial charge in [0, 0.05) is 58.5 Å². The third kappa shape index (κ3) is 8.10. The van der Waals surface area contributed by atoms with Crippen LogP contribution in [-0.4, -0.2) is 111 Å². The lowest BCUT2D eigenvalue weighted by atomic mass is 9.80. The molecular formula is C31H46N8O4. The molecule has 5 rings (SSSR count). The molecule has 5 heterocycles. The minimum Gasteiger partial charge on any atom is -0.477 e. The van der Waals surface area contributed by atoms with E-state index in [0.29, 0.717) is 43.8 Å². The zero-order valence-electron chi connectivity index (χ0n) is 25.6. The molecule has 3 amide bonds. The van der Waals surface area contributed by atoms with Crippen molar-refractivity contribution in [1.82, 2.24) is 40.0 Å². The quantitative estimate of drug-likeness (QED) is 0.468. The molecule has 12 heteroatoms.